The summed E-state index contributed by atoms with van der Waals surface area (Å²) in [5, 5.41) is 0. The molecule has 0 saturated carbocycles. The Bertz CT molecular complexity index is 633. The number of nitrogens with two attached hydrogens (primary N) is 1. The van der Waals surface area contributed by atoms with Crippen molar-refractivity contribution in [3.63, 3.8) is 0 Å². The number of para-hydroxylation sites is 2. The lowest BCUT2D eigenvalue weighted by Crippen LogP contribution is -2.09. The molecule has 0 heterocycles. The van der Waals surface area contributed by atoms with Crippen molar-refractivity contribution in [1.82, 2.24) is 0 Å². The van der Waals surface area contributed by atoms with Crippen LogP contribution in [-0.2, 0) is 0 Å². The molecule has 0 unspecified atom stereocenters. The summed E-state index contributed by atoms with van der Waals surface area (Å²) in [7, 11) is 0. The number of hydrogen-bond acceptors (Lipinski definition) is 2. The fraction of sp³-hybridized carbons (Fsp3) is 0. The minimum absolute atomic E-state index is 0. The maximum atomic E-state index is 5.79. The standard InChI is InChI=1S/C18H16N2.Al.H2O.3H/c19-15-11-13-18(14-12-15)20(16-7-3-1-4-8-16)17-9-5-2-6-10-17;;;;;/h1-14H,19H2;;1H2;;;. The first-order chi connectivity index (χ1) is 9.84. The Balaban J connectivity index is 0.00000121. The average molecular weight is 308 g/mol. The van der Waals surface area contributed by atoms with Crippen molar-refractivity contribution >= 4 is 40.1 Å². The Hall–Kier alpha value is -2.25. The predicted molar refractivity (Wildman–Crippen MR) is 99.1 cm³/mol. The van der Waals surface area contributed by atoms with Crippen LogP contribution < -0.4 is 10.6 Å². The molecule has 0 aliphatic heterocycles. The SMILES string of the molecule is Nc1ccc(N(c2ccccc2)c2ccccc2)cc1.O.[AlH3]. The van der Waals surface area contributed by atoms with Crippen LogP contribution in [0.5, 0.6) is 0 Å². The van der Waals surface area contributed by atoms with Crippen LogP contribution in [0.1, 0.15) is 0 Å². The summed E-state index contributed by atoms with van der Waals surface area (Å²) in [6.45, 7) is 0. The Labute approximate surface area is 141 Å². The van der Waals surface area contributed by atoms with E-state index in [1.807, 2.05) is 60.7 Å². The molecular formula is C18H21AlN2O. The Morgan fingerprint density at radius 2 is 0.909 bits per heavy atom. The highest BCUT2D eigenvalue weighted by molar-refractivity contribution is 5.76. The van der Waals surface area contributed by atoms with Gasteiger partial charge in [0.15, 0.2) is 17.4 Å². The summed E-state index contributed by atoms with van der Waals surface area (Å²) < 4.78 is 0. The lowest BCUT2D eigenvalue weighted by Gasteiger charge is -2.25. The van der Waals surface area contributed by atoms with Crippen molar-refractivity contribution in [2.45, 2.75) is 0 Å². The average Bonchev–Trinajstić information content (AvgIpc) is 2.52. The number of nitrogen functional groups attached to an aromatic ring is 1. The number of anilines is 4. The van der Waals surface area contributed by atoms with Gasteiger partial charge in [-0.15, -0.1) is 0 Å². The van der Waals surface area contributed by atoms with Crippen LogP contribution in [0.2, 0.25) is 0 Å². The molecule has 0 aliphatic carbocycles. The van der Waals surface area contributed by atoms with Gasteiger partial charge in [0.05, 0.1) is 0 Å². The minimum Gasteiger partial charge on any atom is -0.412 e. The summed E-state index contributed by atoms with van der Waals surface area (Å²) in [4.78, 5) is 2.21. The van der Waals surface area contributed by atoms with Gasteiger partial charge >= 0.3 is 0 Å². The maximum absolute atomic E-state index is 5.79. The second kappa shape index (κ2) is 8.26. The van der Waals surface area contributed by atoms with Gasteiger partial charge in [-0.2, -0.15) is 0 Å². The highest BCUT2D eigenvalue weighted by atomic mass is 27.0. The van der Waals surface area contributed by atoms with E-state index in [9.17, 15) is 0 Å². The van der Waals surface area contributed by atoms with E-state index in [1.165, 1.54) is 0 Å². The summed E-state index contributed by atoms with van der Waals surface area (Å²) in [5.74, 6) is 0. The first-order valence-corrected chi connectivity index (χ1v) is 6.60. The van der Waals surface area contributed by atoms with E-state index in [1.54, 1.807) is 0 Å². The molecule has 112 valence electrons. The molecule has 3 rings (SSSR count). The van der Waals surface area contributed by atoms with Crippen molar-refractivity contribution < 1.29 is 5.48 Å². The van der Waals surface area contributed by atoms with Gasteiger partial charge < -0.3 is 16.1 Å². The third-order valence-electron chi connectivity index (χ3n) is 3.18. The largest absolute Gasteiger partial charge is 0.412 e. The van der Waals surface area contributed by atoms with E-state index in [2.05, 4.69) is 29.2 Å². The van der Waals surface area contributed by atoms with Crippen molar-refractivity contribution in [2.24, 2.45) is 0 Å². The molecule has 0 saturated heterocycles. The van der Waals surface area contributed by atoms with Crippen LogP contribution in [0.15, 0.2) is 84.9 Å². The van der Waals surface area contributed by atoms with Gasteiger partial charge in [0.1, 0.15) is 0 Å². The third-order valence-corrected chi connectivity index (χ3v) is 3.18. The molecule has 0 amide bonds. The van der Waals surface area contributed by atoms with Crippen LogP contribution in [-0.4, -0.2) is 22.8 Å². The maximum Gasteiger partial charge on any atom is 0.187 e. The Morgan fingerprint density at radius 3 is 1.32 bits per heavy atom. The summed E-state index contributed by atoms with van der Waals surface area (Å²) in [6, 6.07) is 28.5. The van der Waals surface area contributed by atoms with Crippen LogP contribution in [0.4, 0.5) is 22.7 Å². The molecule has 0 aromatic heterocycles. The number of rotatable bonds is 3. The molecule has 4 N–H and O–H groups in total. The first kappa shape index (κ1) is 17.8. The Morgan fingerprint density at radius 1 is 0.545 bits per heavy atom. The highest BCUT2D eigenvalue weighted by Crippen LogP contribution is 2.34. The minimum atomic E-state index is 0. The Kier molecular flexibility index (Phi) is 6.68. The van der Waals surface area contributed by atoms with Gasteiger partial charge in [-0.25, -0.2) is 0 Å². The molecule has 3 nitrogen and oxygen atoms in total. The predicted octanol–water partition coefficient (Wildman–Crippen LogP) is 2.73. The summed E-state index contributed by atoms with van der Waals surface area (Å²) in [5.41, 5.74) is 9.91. The number of hydrogen-bond donors (Lipinski definition) is 1. The van der Waals surface area contributed by atoms with E-state index in [4.69, 9.17) is 5.73 Å². The molecule has 3 aromatic rings. The fourth-order valence-corrected chi connectivity index (χ4v) is 2.22. The van der Waals surface area contributed by atoms with E-state index >= 15 is 0 Å². The van der Waals surface area contributed by atoms with Crippen molar-refractivity contribution in [1.29, 1.82) is 0 Å². The molecule has 3 aromatic carbocycles. The fourth-order valence-electron chi connectivity index (χ4n) is 2.22. The van der Waals surface area contributed by atoms with Gasteiger partial charge in [0.2, 0.25) is 0 Å². The molecule has 0 radical (unpaired) electrons. The van der Waals surface area contributed by atoms with Crippen LogP contribution >= 0.6 is 0 Å². The normalized spacial score (nSPS) is 9.27. The van der Waals surface area contributed by atoms with Crippen molar-refractivity contribution in [2.75, 3.05) is 10.6 Å². The van der Waals surface area contributed by atoms with Crippen molar-refractivity contribution in [3.8, 4) is 0 Å². The number of nitrogens with zero attached hydrogens (tertiary/aromatic N) is 1. The lowest BCUT2D eigenvalue weighted by atomic mass is 10.2. The molecule has 4 heteroatoms. The van der Waals surface area contributed by atoms with Gasteiger partial charge in [0, 0.05) is 22.7 Å². The topological polar surface area (TPSA) is 60.8 Å². The van der Waals surface area contributed by atoms with E-state index < -0.39 is 0 Å². The molecule has 0 fully saturated rings. The van der Waals surface area contributed by atoms with E-state index in [-0.39, 0.29) is 22.8 Å². The van der Waals surface area contributed by atoms with Gasteiger partial charge in [-0.05, 0) is 48.5 Å². The molecule has 0 spiro atoms. The highest BCUT2D eigenvalue weighted by Gasteiger charge is 2.10. The molecular weight excluding hydrogens is 287 g/mol. The van der Waals surface area contributed by atoms with Gasteiger partial charge in [-0.3, -0.25) is 0 Å². The van der Waals surface area contributed by atoms with Gasteiger partial charge in [0.25, 0.3) is 0 Å². The zero-order valence-electron chi connectivity index (χ0n) is 11.6. The lowest BCUT2D eigenvalue weighted by molar-refractivity contribution is 0.824. The summed E-state index contributed by atoms with van der Waals surface area (Å²) >= 11 is 0. The van der Waals surface area contributed by atoms with Crippen LogP contribution in [0, 0.1) is 0 Å². The molecule has 0 aliphatic rings. The number of benzene rings is 3. The molecule has 22 heavy (non-hydrogen) atoms. The van der Waals surface area contributed by atoms with Crippen LogP contribution in [0.25, 0.3) is 0 Å². The zero-order chi connectivity index (χ0) is 13.8. The second-order valence-electron chi connectivity index (χ2n) is 4.60. The first-order valence-electron chi connectivity index (χ1n) is 6.60. The van der Waals surface area contributed by atoms with Crippen molar-refractivity contribution in [3.05, 3.63) is 84.9 Å². The third kappa shape index (κ3) is 3.90. The quantitative estimate of drug-likeness (QED) is 0.597. The van der Waals surface area contributed by atoms with Crippen LogP contribution in [0.3, 0.4) is 0 Å². The monoisotopic (exact) mass is 308 g/mol. The smallest absolute Gasteiger partial charge is 0.187 e. The van der Waals surface area contributed by atoms with E-state index in [0.29, 0.717) is 0 Å². The molecule has 0 bridgehead atoms. The zero-order valence-corrected chi connectivity index (χ0v) is 11.6. The summed E-state index contributed by atoms with van der Waals surface area (Å²) in [6.07, 6.45) is 0. The molecule has 0 atom stereocenters. The van der Waals surface area contributed by atoms with E-state index in [0.717, 1.165) is 22.7 Å². The second-order valence-corrected chi connectivity index (χ2v) is 4.60. The van der Waals surface area contributed by atoms with Gasteiger partial charge in [-0.1, -0.05) is 36.4 Å².